The molecule has 0 radical (unpaired) electrons. The Kier molecular flexibility index (Phi) is 5.29. The Hall–Kier alpha value is -2.11. The van der Waals surface area contributed by atoms with Crippen molar-refractivity contribution in [3.8, 4) is 5.75 Å². The molecule has 0 saturated carbocycles. The zero-order valence-corrected chi connectivity index (χ0v) is 11.3. The van der Waals surface area contributed by atoms with Crippen LogP contribution in [0.2, 0.25) is 0 Å². The van der Waals surface area contributed by atoms with Crippen LogP contribution in [0.15, 0.2) is 24.3 Å². The quantitative estimate of drug-likeness (QED) is 0.631. The van der Waals surface area contributed by atoms with E-state index in [0.717, 1.165) is 0 Å². The summed E-state index contributed by atoms with van der Waals surface area (Å²) in [4.78, 5) is 21.8. The Morgan fingerprint density at radius 2 is 2.11 bits per heavy atom. The Bertz CT molecular complexity index is 460. The van der Waals surface area contributed by atoms with Crippen LogP contribution in [-0.2, 0) is 4.79 Å². The van der Waals surface area contributed by atoms with Crippen molar-refractivity contribution in [3.63, 3.8) is 0 Å². The van der Waals surface area contributed by atoms with Crippen LogP contribution in [0.4, 0.5) is 5.69 Å². The number of nitro groups is 1. The van der Waals surface area contributed by atoms with Gasteiger partial charge in [-0.15, -0.1) is 0 Å². The van der Waals surface area contributed by atoms with Crippen molar-refractivity contribution in [1.29, 1.82) is 0 Å². The predicted molar refractivity (Wildman–Crippen MR) is 71.0 cm³/mol. The summed E-state index contributed by atoms with van der Waals surface area (Å²) in [6.45, 7) is 6.16. The number of non-ortho nitro benzene ring substituents is 1. The molecule has 0 aliphatic heterocycles. The van der Waals surface area contributed by atoms with Crippen LogP contribution >= 0.6 is 0 Å². The first kappa shape index (κ1) is 14.9. The molecule has 0 aliphatic rings. The zero-order chi connectivity index (χ0) is 14.4. The molecule has 0 heterocycles. The van der Waals surface area contributed by atoms with E-state index in [4.69, 9.17) is 4.74 Å². The highest BCUT2D eigenvalue weighted by atomic mass is 16.6. The summed E-state index contributed by atoms with van der Waals surface area (Å²) >= 11 is 0. The Morgan fingerprint density at radius 1 is 1.42 bits per heavy atom. The molecule has 19 heavy (non-hydrogen) atoms. The van der Waals surface area contributed by atoms with Crippen LogP contribution < -0.4 is 10.1 Å². The monoisotopic (exact) mass is 266 g/mol. The molecule has 1 aromatic rings. The van der Waals surface area contributed by atoms with Crippen LogP contribution in [0.1, 0.15) is 20.8 Å². The van der Waals surface area contributed by atoms with E-state index in [0.29, 0.717) is 18.2 Å². The lowest BCUT2D eigenvalue weighted by Crippen LogP contribution is -2.38. The molecule has 1 N–H and O–H groups in total. The summed E-state index contributed by atoms with van der Waals surface area (Å²) in [5.74, 6) is 0.426. The fourth-order valence-electron chi connectivity index (χ4n) is 1.38. The van der Waals surface area contributed by atoms with E-state index in [9.17, 15) is 14.9 Å². The normalized spacial score (nSPS) is 12.0. The number of benzene rings is 1. The molecule has 0 aliphatic carbocycles. The van der Waals surface area contributed by atoms with Crippen molar-refractivity contribution >= 4 is 11.6 Å². The molecule has 0 unspecified atom stereocenters. The van der Waals surface area contributed by atoms with Crippen molar-refractivity contribution in [2.75, 3.05) is 6.54 Å². The van der Waals surface area contributed by atoms with Gasteiger partial charge in [0.2, 0.25) is 0 Å². The minimum Gasteiger partial charge on any atom is -0.481 e. The fraction of sp³-hybridized carbons (Fsp3) is 0.462. The number of nitrogens with zero attached hydrogens (tertiary/aromatic N) is 1. The highest BCUT2D eigenvalue weighted by Gasteiger charge is 2.16. The molecule has 1 amide bonds. The van der Waals surface area contributed by atoms with Crippen LogP contribution in [0.3, 0.4) is 0 Å². The lowest BCUT2D eigenvalue weighted by molar-refractivity contribution is -0.384. The van der Waals surface area contributed by atoms with Gasteiger partial charge in [-0.25, -0.2) is 0 Å². The van der Waals surface area contributed by atoms with Gasteiger partial charge in [0.25, 0.3) is 11.6 Å². The van der Waals surface area contributed by atoms with Gasteiger partial charge in [-0.05, 0) is 18.9 Å². The number of nitro benzene ring substituents is 1. The molecule has 6 nitrogen and oxygen atoms in total. The molecule has 1 atom stereocenters. The highest BCUT2D eigenvalue weighted by Crippen LogP contribution is 2.20. The Labute approximate surface area is 111 Å². The first-order valence-corrected chi connectivity index (χ1v) is 6.09. The average molecular weight is 266 g/mol. The van der Waals surface area contributed by atoms with E-state index in [1.165, 1.54) is 18.2 Å². The van der Waals surface area contributed by atoms with Crippen LogP contribution in [-0.4, -0.2) is 23.5 Å². The van der Waals surface area contributed by atoms with Gasteiger partial charge in [0, 0.05) is 12.6 Å². The topological polar surface area (TPSA) is 81.5 Å². The largest absolute Gasteiger partial charge is 0.481 e. The van der Waals surface area contributed by atoms with Gasteiger partial charge in [0.15, 0.2) is 6.10 Å². The van der Waals surface area contributed by atoms with E-state index in [-0.39, 0.29) is 11.6 Å². The number of rotatable bonds is 6. The van der Waals surface area contributed by atoms with Crippen molar-refractivity contribution in [3.05, 3.63) is 34.4 Å². The van der Waals surface area contributed by atoms with Gasteiger partial charge >= 0.3 is 0 Å². The van der Waals surface area contributed by atoms with E-state index in [1.54, 1.807) is 13.0 Å². The van der Waals surface area contributed by atoms with Crippen LogP contribution in [0.25, 0.3) is 0 Å². The summed E-state index contributed by atoms with van der Waals surface area (Å²) in [5, 5.41) is 13.4. The number of carbonyl (C=O) groups excluding carboxylic acids is 1. The number of amides is 1. The summed E-state index contributed by atoms with van der Waals surface area (Å²) in [6, 6.07) is 5.77. The molecule has 0 fully saturated rings. The predicted octanol–water partition coefficient (Wildman–Crippen LogP) is 2.13. The molecule has 104 valence electrons. The lowest BCUT2D eigenvalue weighted by Gasteiger charge is -2.15. The number of ether oxygens (including phenoxy) is 1. The third-order valence-electron chi connectivity index (χ3n) is 2.40. The summed E-state index contributed by atoms with van der Waals surface area (Å²) < 4.78 is 5.38. The second kappa shape index (κ2) is 6.72. The average Bonchev–Trinajstić information content (AvgIpc) is 2.36. The van der Waals surface area contributed by atoms with Gasteiger partial charge in [-0.2, -0.15) is 0 Å². The summed E-state index contributed by atoms with van der Waals surface area (Å²) in [7, 11) is 0. The lowest BCUT2D eigenvalue weighted by atomic mass is 10.2. The first-order chi connectivity index (χ1) is 8.90. The van der Waals surface area contributed by atoms with E-state index in [2.05, 4.69) is 5.32 Å². The Morgan fingerprint density at radius 3 is 2.68 bits per heavy atom. The van der Waals surface area contributed by atoms with Gasteiger partial charge in [-0.1, -0.05) is 19.9 Å². The van der Waals surface area contributed by atoms with E-state index in [1.807, 2.05) is 13.8 Å². The molecule has 6 heteroatoms. The molecule has 1 aromatic carbocycles. The van der Waals surface area contributed by atoms with Crippen LogP contribution in [0.5, 0.6) is 5.75 Å². The maximum Gasteiger partial charge on any atom is 0.273 e. The van der Waals surface area contributed by atoms with Crippen molar-refractivity contribution < 1.29 is 14.5 Å². The molecule has 0 spiro atoms. The zero-order valence-electron chi connectivity index (χ0n) is 11.3. The number of carbonyl (C=O) groups is 1. The first-order valence-electron chi connectivity index (χ1n) is 6.09. The fourth-order valence-corrected chi connectivity index (χ4v) is 1.38. The maximum atomic E-state index is 11.7. The molecule has 0 aromatic heterocycles. The smallest absolute Gasteiger partial charge is 0.273 e. The number of nitrogens with one attached hydrogen (secondary N) is 1. The SMILES string of the molecule is CC(C)CNC(=O)[C@@H](C)Oc1cccc([N+](=O)[O-])c1. The maximum absolute atomic E-state index is 11.7. The minimum absolute atomic E-state index is 0.0627. The van der Waals surface area contributed by atoms with E-state index >= 15 is 0 Å². The van der Waals surface area contributed by atoms with Crippen molar-refractivity contribution in [1.82, 2.24) is 5.32 Å². The van der Waals surface area contributed by atoms with Gasteiger partial charge in [-0.3, -0.25) is 14.9 Å². The molecule has 1 rings (SSSR count). The standard InChI is InChI=1S/C13H18N2O4/c1-9(2)8-14-13(16)10(3)19-12-6-4-5-11(7-12)15(17)18/h4-7,9-10H,8H2,1-3H3,(H,14,16)/t10-/m1/s1. The highest BCUT2D eigenvalue weighted by molar-refractivity contribution is 5.80. The Balaban J connectivity index is 2.61. The third-order valence-corrected chi connectivity index (χ3v) is 2.40. The number of hydrogen-bond donors (Lipinski definition) is 1. The van der Waals surface area contributed by atoms with Crippen molar-refractivity contribution in [2.45, 2.75) is 26.9 Å². The van der Waals surface area contributed by atoms with Gasteiger partial charge in [0.1, 0.15) is 5.75 Å². The molecule has 0 saturated heterocycles. The summed E-state index contributed by atoms with van der Waals surface area (Å²) in [6.07, 6.45) is -0.694. The van der Waals surface area contributed by atoms with E-state index < -0.39 is 11.0 Å². The summed E-state index contributed by atoms with van der Waals surface area (Å²) in [5.41, 5.74) is -0.0627. The van der Waals surface area contributed by atoms with Gasteiger partial charge in [0.05, 0.1) is 11.0 Å². The third kappa shape index (κ3) is 4.95. The molecular formula is C13H18N2O4. The van der Waals surface area contributed by atoms with Crippen LogP contribution in [0, 0.1) is 16.0 Å². The minimum atomic E-state index is -0.694. The van der Waals surface area contributed by atoms with Gasteiger partial charge < -0.3 is 10.1 Å². The van der Waals surface area contributed by atoms with Crippen molar-refractivity contribution in [2.24, 2.45) is 5.92 Å². The number of hydrogen-bond acceptors (Lipinski definition) is 4. The molecular weight excluding hydrogens is 248 g/mol. The second-order valence-corrected chi connectivity index (χ2v) is 4.65. The second-order valence-electron chi connectivity index (χ2n) is 4.65. The molecule has 0 bridgehead atoms.